The lowest BCUT2D eigenvalue weighted by Gasteiger charge is -2.09. The van der Waals surface area contributed by atoms with Crippen LogP contribution >= 0.6 is 11.9 Å². The minimum Gasteiger partial charge on any atom is -0.422 e. The van der Waals surface area contributed by atoms with E-state index in [1.54, 1.807) is 24.3 Å². The molecule has 2 rings (SSSR count). The van der Waals surface area contributed by atoms with Gasteiger partial charge in [-0.15, -0.1) is 0 Å². The summed E-state index contributed by atoms with van der Waals surface area (Å²) in [7, 11) is 0. The highest BCUT2D eigenvalue weighted by Gasteiger charge is 2.12. The van der Waals surface area contributed by atoms with Gasteiger partial charge in [0.25, 0.3) is 0 Å². The van der Waals surface area contributed by atoms with E-state index in [4.69, 9.17) is 4.74 Å². The predicted octanol–water partition coefficient (Wildman–Crippen LogP) is 2.24. The van der Waals surface area contributed by atoms with Crippen LogP contribution in [0.1, 0.15) is 0 Å². The van der Waals surface area contributed by atoms with Crippen LogP contribution in [0.25, 0.3) is 0 Å². The van der Waals surface area contributed by atoms with E-state index in [9.17, 15) is 4.79 Å². The first kappa shape index (κ1) is 9.86. The highest BCUT2D eigenvalue weighted by Crippen LogP contribution is 2.13. The highest BCUT2D eigenvalue weighted by molar-refractivity contribution is 8.00. The Bertz CT molecular complexity index is 412. The van der Waals surface area contributed by atoms with Crippen molar-refractivity contribution in [3.63, 3.8) is 0 Å². The highest BCUT2D eigenvalue weighted by atomic mass is 32.2. The summed E-state index contributed by atoms with van der Waals surface area (Å²) < 4.78 is 7.99. The van der Waals surface area contributed by atoms with Crippen molar-refractivity contribution in [2.45, 2.75) is 0 Å². The van der Waals surface area contributed by atoms with Crippen LogP contribution in [0.2, 0.25) is 0 Å². The number of ether oxygens (including phenoxy) is 1. The molecule has 1 aromatic rings. The van der Waals surface area contributed by atoms with Gasteiger partial charge in [-0.2, -0.15) is 0 Å². The number of benzene rings is 1. The lowest BCUT2D eigenvalue weighted by molar-refractivity contribution is -0.130. The van der Waals surface area contributed by atoms with Crippen LogP contribution in [0.3, 0.4) is 0 Å². The monoisotopic (exact) mass is 219 g/mol. The molecule has 0 amide bonds. The molecule has 0 saturated heterocycles. The van der Waals surface area contributed by atoms with Crippen LogP contribution in [0.4, 0.5) is 0 Å². The zero-order valence-corrected chi connectivity index (χ0v) is 8.66. The van der Waals surface area contributed by atoms with Crippen LogP contribution in [-0.4, -0.2) is 5.97 Å². The second-order valence-electron chi connectivity index (χ2n) is 2.83. The Hall–Kier alpha value is -1.68. The fourth-order valence-corrected chi connectivity index (χ4v) is 1.57. The molecule has 1 N–H and O–H groups in total. The van der Waals surface area contributed by atoms with Crippen LogP contribution in [0.5, 0.6) is 5.75 Å². The molecule has 3 nitrogen and oxygen atoms in total. The molecule has 0 saturated carbocycles. The summed E-state index contributed by atoms with van der Waals surface area (Å²) in [5, 5.41) is 1.85. The number of para-hydroxylation sites is 1. The first-order valence-corrected chi connectivity index (χ1v) is 5.30. The van der Waals surface area contributed by atoms with Crippen molar-refractivity contribution in [2.24, 2.45) is 0 Å². The Morgan fingerprint density at radius 1 is 1.27 bits per heavy atom. The standard InChI is InChI=1S/C11H9NO2S/c13-11(10-7-4-8-15-12-10)14-9-5-2-1-3-6-9/h1-8,12H. The van der Waals surface area contributed by atoms with E-state index in [-0.39, 0.29) is 5.97 Å². The van der Waals surface area contributed by atoms with Crippen molar-refractivity contribution in [1.82, 2.24) is 4.72 Å². The van der Waals surface area contributed by atoms with Gasteiger partial charge in [-0.25, -0.2) is 4.79 Å². The maximum absolute atomic E-state index is 11.6. The molecule has 0 bridgehead atoms. The molecule has 1 aromatic carbocycles. The van der Waals surface area contributed by atoms with Crippen molar-refractivity contribution < 1.29 is 9.53 Å². The Balaban J connectivity index is 2.04. The van der Waals surface area contributed by atoms with Crippen molar-refractivity contribution >= 4 is 17.9 Å². The smallest absolute Gasteiger partial charge is 0.360 e. The Morgan fingerprint density at radius 2 is 2.07 bits per heavy atom. The van der Waals surface area contributed by atoms with Gasteiger partial charge in [0.2, 0.25) is 0 Å². The normalized spacial score (nSPS) is 14.0. The van der Waals surface area contributed by atoms with Gasteiger partial charge in [0, 0.05) is 0 Å². The molecule has 1 aliphatic heterocycles. The largest absolute Gasteiger partial charge is 0.422 e. The summed E-state index contributed by atoms with van der Waals surface area (Å²) in [5.74, 6) is 0.169. The number of hydrogen-bond acceptors (Lipinski definition) is 4. The molecular weight excluding hydrogens is 210 g/mol. The molecule has 0 atom stereocenters. The summed E-state index contributed by atoms with van der Waals surface area (Å²) >= 11 is 1.34. The molecule has 76 valence electrons. The van der Waals surface area contributed by atoms with E-state index >= 15 is 0 Å². The second kappa shape index (κ2) is 4.70. The van der Waals surface area contributed by atoms with Crippen LogP contribution in [0.15, 0.2) is 53.6 Å². The SMILES string of the molecule is O=C(Oc1ccccc1)C1=CC=CSN1. The minimum atomic E-state index is -0.377. The predicted molar refractivity (Wildman–Crippen MR) is 60.0 cm³/mol. The number of allylic oxidation sites excluding steroid dienone is 2. The van der Waals surface area contributed by atoms with E-state index in [1.807, 2.05) is 23.6 Å². The van der Waals surface area contributed by atoms with Crippen molar-refractivity contribution in [1.29, 1.82) is 0 Å². The first-order chi connectivity index (χ1) is 7.36. The van der Waals surface area contributed by atoms with E-state index < -0.39 is 0 Å². The van der Waals surface area contributed by atoms with Gasteiger partial charge < -0.3 is 9.46 Å². The first-order valence-electron chi connectivity index (χ1n) is 4.42. The van der Waals surface area contributed by atoms with E-state index in [0.717, 1.165) is 0 Å². The van der Waals surface area contributed by atoms with E-state index in [2.05, 4.69) is 4.72 Å². The molecule has 0 fully saturated rings. The van der Waals surface area contributed by atoms with Crippen LogP contribution < -0.4 is 9.46 Å². The Labute approximate surface area is 92.0 Å². The summed E-state index contributed by atoms with van der Waals surface area (Å²) in [6.45, 7) is 0. The Kier molecular flexibility index (Phi) is 3.09. The third-order valence-corrected chi connectivity index (χ3v) is 2.38. The van der Waals surface area contributed by atoms with Gasteiger partial charge >= 0.3 is 5.97 Å². The average molecular weight is 219 g/mol. The molecule has 1 aliphatic rings. The summed E-state index contributed by atoms with van der Waals surface area (Å²) in [6, 6.07) is 8.99. The third kappa shape index (κ3) is 2.63. The van der Waals surface area contributed by atoms with Crippen LogP contribution in [-0.2, 0) is 4.79 Å². The number of esters is 1. The fraction of sp³-hybridized carbons (Fsp3) is 0. The van der Waals surface area contributed by atoms with Crippen molar-refractivity contribution in [2.75, 3.05) is 0 Å². The van der Waals surface area contributed by atoms with Crippen molar-refractivity contribution in [3.05, 3.63) is 53.6 Å². The van der Waals surface area contributed by atoms with Crippen LogP contribution in [0, 0.1) is 0 Å². The number of nitrogens with one attached hydrogen (secondary N) is 1. The summed E-state index contributed by atoms with van der Waals surface area (Å²) in [4.78, 5) is 11.6. The fourth-order valence-electron chi connectivity index (χ4n) is 1.07. The molecule has 0 unspecified atom stereocenters. The zero-order chi connectivity index (χ0) is 10.5. The van der Waals surface area contributed by atoms with Gasteiger partial charge in [0.15, 0.2) is 0 Å². The number of rotatable bonds is 2. The number of carbonyl (C=O) groups is 1. The second-order valence-corrected chi connectivity index (χ2v) is 3.54. The number of hydrogen-bond donors (Lipinski definition) is 1. The summed E-state index contributed by atoms with van der Waals surface area (Å²) in [6.07, 6.45) is 3.48. The number of carbonyl (C=O) groups excluding carboxylic acids is 1. The molecule has 0 aliphatic carbocycles. The van der Waals surface area contributed by atoms with Gasteiger partial charge in [0.05, 0.1) is 0 Å². The van der Waals surface area contributed by atoms with Gasteiger partial charge in [0.1, 0.15) is 11.4 Å². The zero-order valence-electron chi connectivity index (χ0n) is 7.84. The maximum Gasteiger partial charge on any atom is 0.360 e. The molecule has 4 heteroatoms. The third-order valence-electron chi connectivity index (χ3n) is 1.75. The molecule has 0 spiro atoms. The lowest BCUT2D eigenvalue weighted by Crippen LogP contribution is -2.20. The minimum absolute atomic E-state index is 0.377. The molecule has 0 aromatic heterocycles. The maximum atomic E-state index is 11.6. The average Bonchev–Trinajstić information content (AvgIpc) is 2.31. The topological polar surface area (TPSA) is 38.3 Å². The van der Waals surface area contributed by atoms with E-state index in [1.165, 1.54) is 11.9 Å². The molecular formula is C11H9NO2S. The van der Waals surface area contributed by atoms with Crippen molar-refractivity contribution in [3.8, 4) is 5.75 Å². The molecule has 0 radical (unpaired) electrons. The van der Waals surface area contributed by atoms with Gasteiger partial charge in [-0.05, 0) is 35.6 Å². The van der Waals surface area contributed by atoms with Gasteiger partial charge in [-0.1, -0.05) is 24.3 Å². The van der Waals surface area contributed by atoms with E-state index in [0.29, 0.717) is 11.4 Å². The summed E-state index contributed by atoms with van der Waals surface area (Å²) in [5.41, 5.74) is 0.450. The Morgan fingerprint density at radius 3 is 2.73 bits per heavy atom. The lowest BCUT2D eigenvalue weighted by atomic mass is 10.3. The molecule has 15 heavy (non-hydrogen) atoms. The quantitative estimate of drug-likeness (QED) is 0.470. The molecule has 1 heterocycles. The van der Waals surface area contributed by atoms with Gasteiger partial charge in [-0.3, -0.25) is 0 Å².